The van der Waals surface area contributed by atoms with Crippen molar-refractivity contribution in [3.8, 4) is 0 Å². The molecule has 6 heteroatoms. The quantitative estimate of drug-likeness (QED) is 0.747. The number of rotatable bonds is 7. The van der Waals surface area contributed by atoms with Crippen molar-refractivity contribution in [1.29, 1.82) is 0 Å². The highest BCUT2D eigenvalue weighted by Gasteiger charge is 2.29. The minimum absolute atomic E-state index is 0.0679. The first-order valence-corrected chi connectivity index (χ1v) is 7.32. The number of halogens is 2. The maximum atomic E-state index is 12.3. The summed E-state index contributed by atoms with van der Waals surface area (Å²) >= 11 is 0. The van der Waals surface area contributed by atoms with Crippen molar-refractivity contribution >= 4 is 5.91 Å². The van der Waals surface area contributed by atoms with Crippen LogP contribution >= 0.6 is 0 Å². The molecule has 1 heterocycles. The fraction of sp³-hybridized carbons (Fsp3) is 0.929. The fourth-order valence-corrected chi connectivity index (χ4v) is 2.68. The lowest BCUT2D eigenvalue weighted by molar-refractivity contribution is -0.134. The summed E-state index contributed by atoms with van der Waals surface area (Å²) in [5.41, 5.74) is 0. The Morgan fingerprint density at radius 3 is 2.65 bits per heavy atom. The fourth-order valence-electron chi connectivity index (χ4n) is 2.68. The van der Waals surface area contributed by atoms with E-state index in [0.29, 0.717) is 25.9 Å². The van der Waals surface area contributed by atoms with Crippen LogP contribution in [0.5, 0.6) is 0 Å². The maximum absolute atomic E-state index is 12.3. The van der Waals surface area contributed by atoms with Gasteiger partial charge >= 0.3 is 0 Å². The van der Waals surface area contributed by atoms with Gasteiger partial charge in [-0.05, 0) is 24.7 Å². The molecule has 0 bridgehead atoms. The highest BCUT2D eigenvalue weighted by atomic mass is 19.3. The van der Waals surface area contributed by atoms with Crippen LogP contribution in [0.25, 0.3) is 0 Å². The smallest absolute Gasteiger partial charge is 0.250 e. The third kappa shape index (κ3) is 6.13. The minimum atomic E-state index is -2.38. The van der Waals surface area contributed by atoms with Gasteiger partial charge in [-0.25, -0.2) is 8.78 Å². The molecular formula is C14H26F2N2O2. The lowest BCUT2D eigenvalue weighted by atomic mass is 9.91. The normalized spacial score (nSPS) is 23.6. The SMILES string of the molecule is CC(C)CC(=O)N1CC(CCO)CC(NCC(F)F)C1. The van der Waals surface area contributed by atoms with Crippen LogP contribution < -0.4 is 5.32 Å². The molecule has 4 nitrogen and oxygen atoms in total. The van der Waals surface area contributed by atoms with E-state index in [2.05, 4.69) is 5.32 Å². The molecule has 1 aliphatic rings. The second-order valence-electron chi connectivity index (χ2n) is 6.01. The Kier molecular flexibility index (Phi) is 7.37. The van der Waals surface area contributed by atoms with Gasteiger partial charge < -0.3 is 15.3 Å². The molecule has 1 aliphatic heterocycles. The molecule has 0 spiro atoms. The van der Waals surface area contributed by atoms with E-state index in [1.54, 1.807) is 4.90 Å². The Hall–Kier alpha value is -0.750. The van der Waals surface area contributed by atoms with Crippen LogP contribution in [0.2, 0.25) is 0 Å². The van der Waals surface area contributed by atoms with Gasteiger partial charge in [-0.1, -0.05) is 13.8 Å². The largest absolute Gasteiger partial charge is 0.396 e. The number of hydrogen-bond acceptors (Lipinski definition) is 3. The summed E-state index contributed by atoms with van der Waals surface area (Å²) in [6.45, 7) is 4.81. The molecule has 0 aliphatic carbocycles. The van der Waals surface area contributed by atoms with Gasteiger partial charge in [-0.3, -0.25) is 4.79 Å². The predicted octanol–water partition coefficient (Wildman–Crippen LogP) is 1.49. The number of aliphatic hydroxyl groups is 1. The lowest BCUT2D eigenvalue weighted by Crippen LogP contribution is -2.52. The number of nitrogens with zero attached hydrogens (tertiary/aromatic N) is 1. The van der Waals surface area contributed by atoms with Crippen LogP contribution in [0.1, 0.15) is 33.1 Å². The van der Waals surface area contributed by atoms with Gasteiger partial charge in [0.15, 0.2) is 0 Å². The van der Waals surface area contributed by atoms with Gasteiger partial charge in [0.2, 0.25) is 5.91 Å². The molecule has 0 aromatic rings. The Bertz CT molecular complexity index is 301. The summed E-state index contributed by atoms with van der Waals surface area (Å²) in [5, 5.41) is 11.9. The molecule has 2 atom stereocenters. The lowest BCUT2D eigenvalue weighted by Gasteiger charge is -2.38. The van der Waals surface area contributed by atoms with Gasteiger partial charge in [0.25, 0.3) is 6.43 Å². The summed E-state index contributed by atoms with van der Waals surface area (Å²) in [5.74, 6) is 0.541. The molecule has 0 saturated carbocycles. The number of carbonyl (C=O) groups is 1. The average molecular weight is 292 g/mol. The topological polar surface area (TPSA) is 52.6 Å². The van der Waals surface area contributed by atoms with E-state index in [-0.39, 0.29) is 36.9 Å². The second kappa shape index (κ2) is 8.52. The minimum Gasteiger partial charge on any atom is -0.396 e. The van der Waals surface area contributed by atoms with E-state index in [1.807, 2.05) is 13.8 Å². The molecule has 0 aromatic heterocycles. The molecular weight excluding hydrogens is 266 g/mol. The molecule has 2 N–H and O–H groups in total. The Balaban J connectivity index is 2.57. The molecule has 0 aromatic carbocycles. The summed E-state index contributed by atoms with van der Waals surface area (Å²) in [6.07, 6.45) is -0.558. The Morgan fingerprint density at radius 1 is 1.40 bits per heavy atom. The molecule has 20 heavy (non-hydrogen) atoms. The summed E-state index contributed by atoms with van der Waals surface area (Å²) in [4.78, 5) is 13.9. The Morgan fingerprint density at radius 2 is 2.10 bits per heavy atom. The van der Waals surface area contributed by atoms with E-state index >= 15 is 0 Å². The summed E-state index contributed by atoms with van der Waals surface area (Å²) in [7, 11) is 0. The summed E-state index contributed by atoms with van der Waals surface area (Å²) < 4.78 is 24.6. The van der Waals surface area contributed by atoms with Gasteiger partial charge in [-0.2, -0.15) is 0 Å². The zero-order chi connectivity index (χ0) is 15.1. The van der Waals surface area contributed by atoms with Crippen LogP contribution in [0.3, 0.4) is 0 Å². The number of piperidine rings is 1. The zero-order valence-corrected chi connectivity index (χ0v) is 12.3. The van der Waals surface area contributed by atoms with E-state index in [1.165, 1.54) is 0 Å². The van der Waals surface area contributed by atoms with Crippen molar-refractivity contribution in [3.05, 3.63) is 0 Å². The van der Waals surface area contributed by atoms with Crippen LogP contribution in [-0.2, 0) is 4.79 Å². The van der Waals surface area contributed by atoms with E-state index < -0.39 is 6.43 Å². The first-order chi connectivity index (χ1) is 9.42. The average Bonchev–Trinajstić information content (AvgIpc) is 2.35. The monoisotopic (exact) mass is 292 g/mol. The van der Waals surface area contributed by atoms with Crippen LogP contribution in [0.15, 0.2) is 0 Å². The third-order valence-electron chi connectivity index (χ3n) is 3.57. The highest BCUT2D eigenvalue weighted by Crippen LogP contribution is 2.21. The van der Waals surface area contributed by atoms with Crippen molar-refractivity contribution in [2.75, 3.05) is 26.2 Å². The van der Waals surface area contributed by atoms with Gasteiger partial charge in [0, 0.05) is 32.2 Å². The molecule has 118 valence electrons. The first kappa shape index (κ1) is 17.3. The molecule has 1 rings (SSSR count). The van der Waals surface area contributed by atoms with Crippen LogP contribution in [0.4, 0.5) is 8.78 Å². The standard InChI is InChI=1S/C14H26F2N2O2/c1-10(2)5-14(20)18-8-11(3-4-19)6-12(9-18)17-7-13(15)16/h10-13,17,19H,3-9H2,1-2H3. The molecule has 2 unspecified atom stereocenters. The molecule has 1 saturated heterocycles. The van der Waals surface area contributed by atoms with E-state index in [0.717, 1.165) is 6.42 Å². The van der Waals surface area contributed by atoms with E-state index in [4.69, 9.17) is 5.11 Å². The number of carbonyl (C=O) groups excluding carboxylic acids is 1. The molecule has 0 radical (unpaired) electrons. The van der Waals surface area contributed by atoms with Crippen molar-refractivity contribution < 1.29 is 18.7 Å². The number of hydrogen-bond donors (Lipinski definition) is 2. The first-order valence-electron chi connectivity index (χ1n) is 7.32. The number of amides is 1. The number of nitrogens with one attached hydrogen (secondary N) is 1. The molecule has 1 fully saturated rings. The second-order valence-corrected chi connectivity index (χ2v) is 6.01. The van der Waals surface area contributed by atoms with Crippen LogP contribution in [0, 0.1) is 11.8 Å². The number of aliphatic hydroxyl groups excluding tert-OH is 1. The van der Waals surface area contributed by atoms with Crippen molar-refractivity contribution in [2.24, 2.45) is 11.8 Å². The van der Waals surface area contributed by atoms with Crippen molar-refractivity contribution in [1.82, 2.24) is 10.2 Å². The number of alkyl halides is 2. The van der Waals surface area contributed by atoms with Gasteiger partial charge in [-0.15, -0.1) is 0 Å². The summed E-state index contributed by atoms with van der Waals surface area (Å²) in [6, 6.07) is -0.106. The highest BCUT2D eigenvalue weighted by molar-refractivity contribution is 5.76. The van der Waals surface area contributed by atoms with E-state index in [9.17, 15) is 13.6 Å². The molecule has 1 amide bonds. The van der Waals surface area contributed by atoms with Crippen molar-refractivity contribution in [3.63, 3.8) is 0 Å². The maximum Gasteiger partial charge on any atom is 0.250 e. The van der Waals surface area contributed by atoms with Crippen LogP contribution in [-0.4, -0.2) is 54.6 Å². The zero-order valence-electron chi connectivity index (χ0n) is 12.3. The van der Waals surface area contributed by atoms with Gasteiger partial charge in [0.1, 0.15) is 0 Å². The van der Waals surface area contributed by atoms with Crippen molar-refractivity contribution in [2.45, 2.75) is 45.6 Å². The third-order valence-corrected chi connectivity index (χ3v) is 3.57. The predicted molar refractivity (Wildman–Crippen MR) is 73.6 cm³/mol. The Labute approximate surface area is 119 Å². The van der Waals surface area contributed by atoms with Gasteiger partial charge in [0.05, 0.1) is 6.54 Å². The number of likely N-dealkylation sites (tertiary alicyclic amines) is 1.